The van der Waals surface area contributed by atoms with Crippen molar-refractivity contribution in [3.8, 4) is 12.3 Å². The first-order valence-electron chi connectivity index (χ1n) is 38.8. The van der Waals surface area contributed by atoms with Gasteiger partial charge in [0.15, 0.2) is 17.2 Å². The standard InChI is InChI=1S/C22H28N6O3.C17H20N6O.C13H19NO3.C12H18N2O3.C9H15NO4.C7H10N2O/c1-14-11-23-19(30-14)15-12-27(13-15)20-16-6-9-26(21(29)31-22(2,3)4)10-7-17(16)25-18-5-8-24-28(18)20;1-11-8-19-16(24-11)12-9-22(10-12)17-13-2-5-18-6-3-14(13)21-15-4-7-20-23(15)17;1-5-6-7-11(15)10-8-14(9-10)12(16)17-13(2,3)4;1-8-5-13-10(16-8)9-6-14(7-9)11(15)17-12(2,3)4;1-9(2,3)14-8(13)10-4-6(5-10)7(11)12;1-5-2-9-7(10-5)6-3-8-4-6/h5,8,11,15H,6-7,9-10,12-13H2,1-4H3;4,7-8,12,18H,2-3,5-6,9-10H2,1H3;1,10H,6-9H2,2-4H3;5,9H,6-7H2,1-4H3;6H,4-5H2,1-3H3,(H,11,12);2,6,8H,3-4H2,1H3. The zero-order chi connectivity index (χ0) is 81.4. The van der Waals surface area contributed by atoms with Crippen LogP contribution in [0.25, 0.3) is 11.3 Å². The molecular formula is C80H110N18O15. The number of oxazole rings is 4. The Morgan fingerprint density at radius 1 is 0.478 bits per heavy atom. The number of aromatic nitrogens is 10. The number of carbonyl (C=O) groups is 6. The van der Waals surface area contributed by atoms with Crippen LogP contribution < -0.4 is 20.4 Å². The number of Topliss-reactive ketones (excluding diaryl/α,β-unsaturated/α-hetero) is 1. The Labute approximate surface area is 658 Å². The summed E-state index contributed by atoms with van der Waals surface area (Å²) in [5.41, 5.74) is 4.52. The number of anilines is 2. The number of terminal acetylenes is 1. The molecule has 0 aliphatic carbocycles. The Morgan fingerprint density at radius 3 is 1.22 bits per heavy atom. The molecule has 0 aromatic carbocycles. The van der Waals surface area contributed by atoms with Crippen molar-refractivity contribution < 1.29 is 70.5 Å². The highest BCUT2D eigenvalue weighted by molar-refractivity contribution is 5.84. The number of carboxylic acid groups (broad SMARTS) is 1. The molecule has 0 saturated carbocycles. The molecule has 6 saturated heterocycles. The van der Waals surface area contributed by atoms with Gasteiger partial charge in [-0.2, -0.15) is 19.2 Å². The number of likely N-dealkylation sites (tertiary alicyclic amines) is 3. The highest BCUT2D eigenvalue weighted by Crippen LogP contribution is 2.38. The lowest BCUT2D eigenvalue weighted by molar-refractivity contribution is -0.146. The summed E-state index contributed by atoms with van der Waals surface area (Å²) in [6, 6.07) is 3.91. The normalized spacial score (nSPS) is 17.5. The van der Waals surface area contributed by atoms with E-state index < -0.39 is 40.4 Å². The number of ketones is 1. The number of fused-ring (bicyclic) bond motifs is 4. The number of aliphatic carboxylic acids is 1. The van der Waals surface area contributed by atoms with E-state index in [1.165, 1.54) is 22.0 Å². The van der Waals surface area contributed by atoms with Crippen molar-refractivity contribution in [1.82, 2.24) is 79.4 Å². The van der Waals surface area contributed by atoms with Gasteiger partial charge in [-0.15, -0.1) is 12.3 Å². The average molecular weight is 1560 g/mol. The van der Waals surface area contributed by atoms with Crippen molar-refractivity contribution in [2.75, 3.05) is 115 Å². The number of rotatable bonds is 10. The maximum atomic E-state index is 12.6. The molecule has 33 heteroatoms. The van der Waals surface area contributed by atoms with Gasteiger partial charge in [-0.25, -0.2) is 49.1 Å². The molecule has 113 heavy (non-hydrogen) atoms. The summed E-state index contributed by atoms with van der Waals surface area (Å²) >= 11 is 0. The molecular weight excluding hydrogens is 1450 g/mol. The van der Waals surface area contributed by atoms with Crippen LogP contribution in [0.5, 0.6) is 0 Å². The Hall–Kier alpha value is -10.6. The van der Waals surface area contributed by atoms with Gasteiger partial charge in [-0.3, -0.25) is 9.59 Å². The van der Waals surface area contributed by atoms with Gasteiger partial charge in [-0.1, -0.05) is 0 Å². The highest BCUT2D eigenvalue weighted by atomic mass is 16.6. The fraction of sp³-hybridized carbons (Fsp3) is 0.600. The van der Waals surface area contributed by atoms with Gasteiger partial charge in [0, 0.05) is 147 Å². The largest absolute Gasteiger partial charge is 0.481 e. The molecule has 8 aromatic heterocycles. The molecule has 8 aliphatic rings. The molecule has 16 heterocycles. The fourth-order valence-electron chi connectivity index (χ4n) is 13.3. The first kappa shape index (κ1) is 83.3. The van der Waals surface area contributed by atoms with E-state index in [1.807, 2.05) is 117 Å². The summed E-state index contributed by atoms with van der Waals surface area (Å²) < 4.78 is 47.2. The zero-order valence-corrected chi connectivity index (χ0v) is 68.0. The van der Waals surface area contributed by atoms with Crippen LogP contribution in [0.15, 0.2) is 67.0 Å². The van der Waals surface area contributed by atoms with Crippen molar-refractivity contribution in [2.24, 2.45) is 11.8 Å². The quantitative estimate of drug-likeness (QED) is 0.0846. The molecule has 4 amide bonds. The van der Waals surface area contributed by atoms with Crippen LogP contribution in [-0.2, 0) is 54.2 Å². The number of nitrogens with one attached hydrogen (secondary N) is 2. The molecule has 0 unspecified atom stereocenters. The molecule has 0 spiro atoms. The van der Waals surface area contributed by atoms with E-state index in [1.54, 1.807) is 66.5 Å². The fourth-order valence-corrected chi connectivity index (χ4v) is 13.3. The second-order valence-electron chi connectivity index (χ2n) is 33.7. The number of aryl methyl sites for hydroxylation is 4. The minimum Gasteiger partial charge on any atom is -0.481 e. The topological polar surface area (TPSA) is 368 Å². The predicted octanol–water partition coefficient (Wildman–Crippen LogP) is 10.0. The monoisotopic (exact) mass is 1560 g/mol. The van der Waals surface area contributed by atoms with E-state index in [9.17, 15) is 28.8 Å². The third-order valence-corrected chi connectivity index (χ3v) is 19.4. The summed E-state index contributed by atoms with van der Waals surface area (Å²) in [6.45, 7) is 41.0. The molecule has 8 aromatic rings. The number of amides is 4. The summed E-state index contributed by atoms with van der Waals surface area (Å²) in [5.74, 6) is 11.5. The maximum absolute atomic E-state index is 12.6. The Bertz CT molecular complexity index is 4660. The van der Waals surface area contributed by atoms with Crippen LogP contribution in [0.3, 0.4) is 0 Å². The smallest absolute Gasteiger partial charge is 0.410 e. The SMILES string of the molecule is C#CCCC(=O)C1CN(C(=O)OC(C)(C)C)C1.CC(C)(C)OC(=O)N1CC(C(=O)O)C1.Cc1cnc(C2CN(C(=O)OC(C)(C)C)C2)o1.Cc1cnc(C2CN(c3c4c(nc5ccnn35)CCN(C(=O)OC(C)(C)C)CC4)C2)o1.Cc1cnc(C2CN(c3c4c(nc5ccnn35)CCNCC4)C2)o1.Cc1cnc(C2CNC2)o1. The Kier molecular flexibility index (Phi) is 25.9. The summed E-state index contributed by atoms with van der Waals surface area (Å²) in [4.78, 5) is 107. The highest BCUT2D eigenvalue weighted by Gasteiger charge is 2.42. The summed E-state index contributed by atoms with van der Waals surface area (Å²) in [7, 11) is 0. The van der Waals surface area contributed by atoms with Crippen molar-refractivity contribution >= 4 is 59.1 Å². The predicted molar refractivity (Wildman–Crippen MR) is 416 cm³/mol. The second-order valence-corrected chi connectivity index (χ2v) is 33.7. The maximum Gasteiger partial charge on any atom is 0.410 e. The third kappa shape index (κ3) is 22.0. The molecule has 0 bridgehead atoms. The van der Waals surface area contributed by atoms with E-state index in [0.717, 1.165) is 134 Å². The number of hydrogen-bond acceptors (Lipinski definition) is 26. The van der Waals surface area contributed by atoms with Gasteiger partial charge >= 0.3 is 30.3 Å². The van der Waals surface area contributed by atoms with Crippen LogP contribution >= 0.6 is 0 Å². The lowest BCUT2D eigenvalue weighted by atomic mass is 9.93. The van der Waals surface area contributed by atoms with E-state index in [-0.39, 0.29) is 54.9 Å². The summed E-state index contributed by atoms with van der Waals surface area (Å²) in [6.07, 6.45) is 18.7. The Balaban J connectivity index is 0.000000139. The van der Waals surface area contributed by atoms with Crippen molar-refractivity contribution in [3.63, 3.8) is 0 Å². The van der Waals surface area contributed by atoms with Crippen molar-refractivity contribution in [2.45, 2.75) is 195 Å². The van der Waals surface area contributed by atoms with Crippen LogP contribution in [-0.4, -0.2) is 237 Å². The molecule has 0 atom stereocenters. The van der Waals surface area contributed by atoms with Crippen molar-refractivity contribution in [1.29, 1.82) is 0 Å². The van der Waals surface area contributed by atoms with Crippen LogP contribution in [0, 0.1) is 51.9 Å². The lowest BCUT2D eigenvalue weighted by Crippen LogP contribution is -2.54. The molecule has 16 rings (SSSR count). The van der Waals surface area contributed by atoms with Gasteiger partial charge in [0.2, 0.25) is 17.7 Å². The Morgan fingerprint density at radius 2 is 0.841 bits per heavy atom. The van der Waals surface area contributed by atoms with E-state index in [4.69, 9.17) is 58.1 Å². The lowest BCUT2D eigenvalue weighted by Gasteiger charge is -2.40. The third-order valence-electron chi connectivity index (χ3n) is 19.4. The van der Waals surface area contributed by atoms with Crippen LogP contribution in [0.1, 0.15) is 189 Å². The number of carboxylic acids is 1. The molecule has 3 N–H and O–H groups in total. The molecule has 33 nitrogen and oxygen atoms in total. The van der Waals surface area contributed by atoms with Gasteiger partial charge in [0.1, 0.15) is 62.9 Å². The first-order chi connectivity index (χ1) is 53.4. The minimum atomic E-state index is -0.857. The summed E-state index contributed by atoms with van der Waals surface area (Å²) in [5, 5.41) is 24.3. The number of ether oxygens (including phenoxy) is 4. The van der Waals surface area contributed by atoms with Crippen LogP contribution in [0.4, 0.5) is 30.8 Å². The van der Waals surface area contributed by atoms with E-state index in [0.29, 0.717) is 82.7 Å². The molecule has 0 radical (unpaired) electrons. The van der Waals surface area contributed by atoms with E-state index >= 15 is 0 Å². The molecule has 8 aliphatic heterocycles. The van der Waals surface area contributed by atoms with Crippen molar-refractivity contribution in [3.05, 3.63) is 118 Å². The van der Waals surface area contributed by atoms with Gasteiger partial charge < -0.3 is 81.8 Å². The second kappa shape index (κ2) is 35.2. The first-order valence-corrected chi connectivity index (χ1v) is 38.8. The average Bonchev–Trinajstić information content (AvgIpc) is 1.70. The molecule has 610 valence electrons. The molecule has 6 fully saturated rings. The van der Waals surface area contributed by atoms with E-state index in [2.05, 4.69) is 56.5 Å². The van der Waals surface area contributed by atoms with Crippen LogP contribution in [0.2, 0.25) is 0 Å². The number of hydrogen-bond donors (Lipinski definition) is 3. The zero-order valence-electron chi connectivity index (χ0n) is 68.0. The number of carbonyl (C=O) groups excluding carboxylic acids is 5. The van der Waals surface area contributed by atoms with Gasteiger partial charge in [0.25, 0.3) is 0 Å². The van der Waals surface area contributed by atoms with Gasteiger partial charge in [0.05, 0.1) is 84.1 Å². The number of nitrogens with zero attached hydrogens (tertiary/aromatic N) is 16. The minimum absolute atomic E-state index is 0.0594. The van der Waals surface area contributed by atoms with Gasteiger partial charge in [-0.05, 0) is 130 Å².